The SMILES string of the molecule is CCOC(=O)CCc1ccc(C(O)C(=O)O)c(OC(F)F)c1. The van der Waals surface area contributed by atoms with Gasteiger partial charge in [-0.1, -0.05) is 12.1 Å². The Morgan fingerprint density at radius 3 is 2.55 bits per heavy atom. The average Bonchev–Trinajstić information content (AvgIpc) is 2.44. The van der Waals surface area contributed by atoms with Crippen LogP contribution < -0.4 is 4.74 Å². The van der Waals surface area contributed by atoms with Crippen LogP contribution in [-0.2, 0) is 20.7 Å². The number of carbonyl (C=O) groups excluding carboxylic acids is 1. The van der Waals surface area contributed by atoms with Crippen molar-refractivity contribution >= 4 is 11.9 Å². The predicted molar refractivity (Wildman–Crippen MR) is 70.6 cm³/mol. The fraction of sp³-hybridized carbons (Fsp3) is 0.429. The second-order valence-corrected chi connectivity index (χ2v) is 4.30. The highest BCUT2D eigenvalue weighted by molar-refractivity contribution is 5.75. The molecule has 0 saturated heterocycles. The first-order chi connectivity index (χ1) is 10.3. The zero-order valence-corrected chi connectivity index (χ0v) is 11.8. The highest BCUT2D eigenvalue weighted by Gasteiger charge is 2.22. The lowest BCUT2D eigenvalue weighted by Crippen LogP contribution is -2.14. The van der Waals surface area contributed by atoms with Crippen LogP contribution in [0.2, 0.25) is 0 Å². The van der Waals surface area contributed by atoms with Crippen LogP contribution in [0, 0.1) is 0 Å². The molecule has 0 saturated carbocycles. The molecule has 0 spiro atoms. The molecule has 0 fully saturated rings. The highest BCUT2D eigenvalue weighted by atomic mass is 19.3. The zero-order chi connectivity index (χ0) is 16.7. The van der Waals surface area contributed by atoms with E-state index in [2.05, 4.69) is 4.74 Å². The van der Waals surface area contributed by atoms with E-state index in [1.54, 1.807) is 6.92 Å². The minimum absolute atomic E-state index is 0.0444. The van der Waals surface area contributed by atoms with Crippen LogP contribution >= 0.6 is 0 Å². The van der Waals surface area contributed by atoms with Crippen LogP contribution in [-0.4, -0.2) is 35.4 Å². The number of carbonyl (C=O) groups is 2. The Morgan fingerprint density at radius 2 is 2.00 bits per heavy atom. The molecule has 1 unspecified atom stereocenters. The van der Waals surface area contributed by atoms with E-state index < -0.39 is 30.4 Å². The normalized spacial score (nSPS) is 12.0. The van der Waals surface area contributed by atoms with Gasteiger partial charge in [-0.25, -0.2) is 4.79 Å². The maximum Gasteiger partial charge on any atom is 0.387 e. The van der Waals surface area contributed by atoms with Gasteiger partial charge in [0.05, 0.1) is 6.61 Å². The lowest BCUT2D eigenvalue weighted by molar-refractivity contribution is -0.147. The molecule has 0 amide bonds. The van der Waals surface area contributed by atoms with Crippen LogP contribution in [0.1, 0.15) is 30.6 Å². The van der Waals surface area contributed by atoms with Crippen molar-refractivity contribution in [2.24, 2.45) is 0 Å². The summed E-state index contributed by atoms with van der Waals surface area (Å²) in [6, 6.07) is 3.78. The van der Waals surface area contributed by atoms with Crippen molar-refractivity contribution in [3.8, 4) is 5.75 Å². The lowest BCUT2D eigenvalue weighted by Gasteiger charge is -2.14. The van der Waals surface area contributed by atoms with Gasteiger partial charge in [-0.3, -0.25) is 4.79 Å². The van der Waals surface area contributed by atoms with Crippen molar-refractivity contribution < 1.29 is 38.1 Å². The summed E-state index contributed by atoms with van der Waals surface area (Å²) in [7, 11) is 0. The van der Waals surface area contributed by atoms with Gasteiger partial charge in [0.15, 0.2) is 6.10 Å². The maximum absolute atomic E-state index is 12.4. The quantitative estimate of drug-likeness (QED) is 0.711. The smallest absolute Gasteiger partial charge is 0.387 e. The number of benzene rings is 1. The summed E-state index contributed by atoms with van der Waals surface area (Å²) >= 11 is 0. The van der Waals surface area contributed by atoms with E-state index in [0.717, 1.165) is 0 Å². The molecule has 1 aromatic carbocycles. The third-order valence-corrected chi connectivity index (χ3v) is 2.75. The maximum atomic E-state index is 12.4. The average molecular weight is 318 g/mol. The summed E-state index contributed by atoms with van der Waals surface area (Å²) in [5.41, 5.74) is 0.192. The summed E-state index contributed by atoms with van der Waals surface area (Å²) in [6.45, 7) is -1.27. The molecule has 0 radical (unpaired) electrons. The summed E-state index contributed by atoms with van der Waals surface area (Å²) in [6.07, 6.45) is -1.72. The number of aliphatic carboxylic acids is 1. The molecule has 0 heterocycles. The van der Waals surface area contributed by atoms with Crippen LogP contribution in [0.4, 0.5) is 8.78 Å². The predicted octanol–water partition coefficient (Wildman–Crippen LogP) is 1.90. The summed E-state index contributed by atoms with van der Waals surface area (Å²) in [5, 5.41) is 18.2. The van der Waals surface area contributed by atoms with Crippen LogP contribution in [0.15, 0.2) is 18.2 Å². The summed E-state index contributed by atoms with van der Waals surface area (Å²) < 4.78 is 33.8. The molecule has 0 bridgehead atoms. The van der Waals surface area contributed by atoms with Gasteiger partial charge in [0.1, 0.15) is 5.75 Å². The van der Waals surface area contributed by atoms with Gasteiger partial charge in [-0.15, -0.1) is 0 Å². The molecule has 0 aliphatic rings. The van der Waals surface area contributed by atoms with Crippen molar-refractivity contribution in [1.29, 1.82) is 0 Å². The summed E-state index contributed by atoms with van der Waals surface area (Å²) in [5.74, 6) is -2.46. The lowest BCUT2D eigenvalue weighted by atomic mass is 10.0. The number of aliphatic hydroxyl groups is 1. The number of carboxylic acids is 1. The molecule has 8 heteroatoms. The Kier molecular flexibility index (Phi) is 6.71. The number of alkyl halides is 2. The number of aliphatic hydroxyl groups excluding tert-OH is 1. The molecule has 1 atom stereocenters. The molecular weight excluding hydrogens is 302 g/mol. The Morgan fingerprint density at radius 1 is 1.32 bits per heavy atom. The second-order valence-electron chi connectivity index (χ2n) is 4.30. The number of hydrogen-bond donors (Lipinski definition) is 2. The number of hydrogen-bond acceptors (Lipinski definition) is 5. The third-order valence-electron chi connectivity index (χ3n) is 2.75. The molecule has 0 aliphatic heterocycles. The molecule has 6 nitrogen and oxygen atoms in total. The van der Waals surface area contributed by atoms with Crippen molar-refractivity contribution in [1.82, 2.24) is 0 Å². The minimum Gasteiger partial charge on any atom is -0.479 e. The number of esters is 1. The molecule has 122 valence electrons. The largest absolute Gasteiger partial charge is 0.479 e. The van der Waals surface area contributed by atoms with Gasteiger partial charge in [0.2, 0.25) is 0 Å². The third kappa shape index (κ3) is 5.28. The standard InChI is InChI=1S/C14H16F2O6/c1-2-21-11(17)6-4-8-3-5-9(12(18)13(19)20)10(7-8)22-14(15)16/h3,5,7,12,14,18H,2,4,6H2,1H3,(H,19,20). The fourth-order valence-electron chi connectivity index (χ4n) is 1.77. The second kappa shape index (κ2) is 8.28. The Balaban J connectivity index is 2.94. The Bertz CT molecular complexity index is 532. The number of rotatable bonds is 8. The first kappa shape index (κ1) is 17.8. The van der Waals surface area contributed by atoms with Crippen molar-refractivity contribution in [2.75, 3.05) is 6.61 Å². The first-order valence-electron chi connectivity index (χ1n) is 6.49. The number of halogens is 2. The van der Waals surface area contributed by atoms with Crippen LogP contribution in [0.5, 0.6) is 5.75 Å². The Labute approximate surface area is 125 Å². The van der Waals surface area contributed by atoms with Crippen molar-refractivity contribution in [3.05, 3.63) is 29.3 Å². The van der Waals surface area contributed by atoms with E-state index in [0.29, 0.717) is 5.56 Å². The zero-order valence-electron chi connectivity index (χ0n) is 11.8. The fourth-order valence-corrected chi connectivity index (χ4v) is 1.77. The molecule has 1 aromatic rings. The van der Waals surface area contributed by atoms with Gasteiger partial charge in [0.25, 0.3) is 0 Å². The topological polar surface area (TPSA) is 93.1 Å². The van der Waals surface area contributed by atoms with Crippen molar-refractivity contribution in [2.45, 2.75) is 32.5 Å². The Hall–Kier alpha value is -2.22. The molecular formula is C14H16F2O6. The van der Waals surface area contributed by atoms with Crippen molar-refractivity contribution in [3.63, 3.8) is 0 Å². The number of aryl methyl sites for hydroxylation is 1. The van der Waals surface area contributed by atoms with E-state index in [9.17, 15) is 23.5 Å². The van der Waals surface area contributed by atoms with Crippen LogP contribution in [0.25, 0.3) is 0 Å². The van der Waals surface area contributed by atoms with E-state index in [1.807, 2.05) is 0 Å². The highest BCUT2D eigenvalue weighted by Crippen LogP contribution is 2.28. The van der Waals surface area contributed by atoms with Crippen LogP contribution in [0.3, 0.4) is 0 Å². The number of carboxylic acid groups (broad SMARTS) is 1. The van der Waals surface area contributed by atoms with E-state index in [-0.39, 0.29) is 25.0 Å². The monoisotopic (exact) mass is 318 g/mol. The van der Waals surface area contributed by atoms with Gasteiger partial charge >= 0.3 is 18.6 Å². The van der Waals surface area contributed by atoms with Gasteiger partial charge < -0.3 is 19.7 Å². The molecule has 1 rings (SSSR count). The molecule has 0 aliphatic carbocycles. The molecule has 22 heavy (non-hydrogen) atoms. The van der Waals surface area contributed by atoms with Gasteiger partial charge in [0, 0.05) is 12.0 Å². The minimum atomic E-state index is -3.17. The van der Waals surface area contributed by atoms with E-state index in [1.165, 1.54) is 18.2 Å². The van der Waals surface area contributed by atoms with Gasteiger partial charge in [-0.2, -0.15) is 8.78 Å². The van der Waals surface area contributed by atoms with E-state index >= 15 is 0 Å². The van der Waals surface area contributed by atoms with Gasteiger partial charge in [-0.05, 0) is 25.0 Å². The first-order valence-corrected chi connectivity index (χ1v) is 6.49. The molecule has 0 aromatic heterocycles. The number of ether oxygens (including phenoxy) is 2. The van der Waals surface area contributed by atoms with E-state index in [4.69, 9.17) is 9.84 Å². The molecule has 2 N–H and O–H groups in total. The summed E-state index contributed by atoms with van der Waals surface area (Å²) in [4.78, 5) is 22.0.